The number of aliphatic hydroxyl groups excluding tert-OH is 1. The van der Waals surface area contributed by atoms with Gasteiger partial charge in [-0.05, 0) is 33.1 Å². The standard InChI is InChI=1S/C16H27N3O3/c1-12-14(13(2)18(3)17-12)15(21)19-8-5-6-16(10-19,11-20)7-9-22-4/h20H,5-11H2,1-4H3. The van der Waals surface area contributed by atoms with E-state index in [0.717, 1.165) is 37.2 Å². The van der Waals surface area contributed by atoms with E-state index in [2.05, 4.69) is 5.10 Å². The van der Waals surface area contributed by atoms with Gasteiger partial charge in [0.1, 0.15) is 0 Å². The zero-order valence-electron chi connectivity index (χ0n) is 14.1. The minimum absolute atomic E-state index is 0.0260. The average Bonchev–Trinajstić information content (AvgIpc) is 2.77. The second-order valence-corrected chi connectivity index (χ2v) is 6.40. The van der Waals surface area contributed by atoms with Gasteiger partial charge in [0, 0.05) is 45.0 Å². The molecule has 22 heavy (non-hydrogen) atoms. The fourth-order valence-electron chi connectivity index (χ4n) is 3.35. The summed E-state index contributed by atoms with van der Waals surface area (Å²) in [5, 5.41) is 14.2. The van der Waals surface area contributed by atoms with Crippen molar-refractivity contribution in [2.24, 2.45) is 12.5 Å². The smallest absolute Gasteiger partial charge is 0.257 e. The third-order valence-corrected chi connectivity index (χ3v) is 4.84. The fraction of sp³-hybridized carbons (Fsp3) is 0.750. The molecule has 1 atom stereocenters. The summed E-state index contributed by atoms with van der Waals surface area (Å²) in [4.78, 5) is 14.8. The topological polar surface area (TPSA) is 67.6 Å². The van der Waals surface area contributed by atoms with Gasteiger partial charge < -0.3 is 14.7 Å². The summed E-state index contributed by atoms with van der Waals surface area (Å²) >= 11 is 0. The number of piperidine rings is 1. The van der Waals surface area contributed by atoms with Crippen LogP contribution < -0.4 is 0 Å². The van der Waals surface area contributed by atoms with Crippen molar-refractivity contribution in [1.82, 2.24) is 14.7 Å². The van der Waals surface area contributed by atoms with E-state index in [1.54, 1.807) is 11.8 Å². The molecule has 6 heteroatoms. The number of methoxy groups -OCH3 is 1. The number of ether oxygens (including phenoxy) is 1. The maximum Gasteiger partial charge on any atom is 0.257 e. The fourth-order valence-corrected chi connectivity index (χ4v) is 3.35. The van der Waals surface area contributed by atoms with E-state index in [4.69, 9.17) is 4.74 Å². The molecule has 1 saturated heterocycles. The van der Waals surface area contributed by atoms with Crippen molar-refractivity contribution in [2.75, 3.05) is 33.4 Å². The first kappa shape index (κ1) is 17.0. The van der Waals surface area contributed by atoms with Crippen molar-refractivity contribution in [3.8, 4) is 0 Å². The highest BCUT2D eigenvalue weighted by molar-refractivity contribution is 5.96. The van der Waals surface area contributed by atoms with Gasteiger partial charge in [0.2, 0.25) is 0 Å². The van der Waals surface area contributed by atoms with Gasteiger partial charge in [-0.15, -0.1) is 0 Å². The van der Waals surface area contributed by atoms with Crippen LogP contribution in [0.3, 0.4) is 0 Å². The van der Waals surface area contributed by atoms with Gasteiger partial charge in [-0.25, -0.2) is 0 Å². The molecule has 1 aliphatic rings. The van der Waals surface area contributed by atoms with E-state index in [-0.39, 0.29) is 17.9 Å². The summed E-state index contributed by atoms with van der Waals surface area (Å²) in [5.41, 5.74) is 2.11. The van der Waals surface area contributed by atoms with Gasteiger partial charge in [-0.1, -0.05) is 0 Å². The number of aliphatic hydroxyl groups is 1. The van der Waals surface area contributed by atoms with Crippen LogP contribution in [0.25, 0.3) is 0 Å². The Morgan fingerprint density at radius 3 is 2.73 bits per heavy atom. The van der Waals surface area contributed by atoms with Crippen LogP contribution in [-0.2, 0) is 11.8 Å². The van der Waals surface area contributed by atoms with E-state index in [1.165, 1.54) is 0 Å². The Labute approximate surface area is 132 Å². The number of hydrogen-bond donors (Lipinski definition) is 1. The normalized spacial score (nSPS) is 22.1. The Balaban J connectivity index is 2.19. The lowest BCUT2D eigenvalue weighted by Crippen LogP contribution is -2.48. The first-order valence-corrected chi connectivity index (χ1v) is 7.83. The minimum atomic E-state index is -0.242. The van der Waals surface area contributed by atoms with Crippen LogP contribution in [0.4, 0.5) is 0 Å². The third-order valence-electron chi connectivity index (χ3n) is 4.84. The molecule has 2 rings (SSSR count). The molecule has 1 N–H and O–H groups in total. The Hall–Kier alpha value is -1.40. The lowest BCUT2D eigenvalue weighted by Gasteiger charge is -2.41. The van der Waals surface area contributed by atoms with Gasteiger partial charge in [0.05, 0.1) is 17.9 Å². The average molecular weight is 309 g/mol. The van der Waals surface area contributed by atoms with Crippen LogP contribution in [0.2, 0.25) is 0 Å². The molecule has 0 aliphatic carbocycles. The zero-order chi connectivity index (χ0) is 16.3. The lowest BCUT2D eigenvalue weighted by atomic mass is 9.78. The molecule has 1 fully saturated rings. The SMILES string of the molecule is COCCC1(CO)CCCN(C(=O)c2c(C)nn(C)c2C)C1. The van der Waals surface area contributed by atoms with Crippen LogP contribution in [0.15, 0.2) is 0 Å². The molecule has 0 saturated carbocycles. The molecule has 1 aromatic rings. The minimum Gasteiger partial charge on any atom is -0.396 e. The van der Waals surface area contributed by atoms with Crippen molar-refractivity contribution in [3.05, 3.63) is 17.0 Å². The first-order chi connectivity index (χ1) is 10.4. The Morgan fingerprint density at radius 1 is 1.45 bits per heavy atom. The second kappa shape index (κ2) is 6.79. The molecule has 0 spiro atoms. The highest BCUT2D eigenvalue weighted by Crippen LogP contribution is 2.34. The summed E-state index contributed by atoms with van der Waals surface area (Å²) < 4.78 is 6.91. The molecule has 2 heterocycles. The molecular formula is C16H27N3O3. The monoisotopic (exact) mass is 309 g/mol. The van der Waals surface area contributed by atoms with E-state index in [9.17, 15) is 9.90 Å². The molecule has 1 unspecified atom stereocenters. The molecule has 1 aromatic heterocycles. The van der Waals surface area contributed by atoms with Gasteiger partial charge >= 0.3 is 0 Å². The van der Waals surface area contributed by atoms with Crippen LogP contribution >= 0.6 is 0 Å². The Kier molecular flexibility index (Phi) is 5.24. The maximum atomic E-state index is 12.9. The molecule has 0 radical (unpaired) electrons. The summed E-state index contributed by atoms with van der Waals surface area (Å²) in [6.45, 7) is 5.80. The molecule has 0 aromatic carbocycles. The summed E-state index contributed by atoms with van der Waals surface area (Å²) in [6.07, 6.45) is 2.62. The number of aryl methyl sites for hydroxylation is 2. The summed E-state index contributed by atoms with van der Waals surface area (Å²) in [7, 11) is 3.52. The van der Waals surface area contributed by atoms with Crippen LogP contribution in [0, 0.1) is 19.3 Å². The van der Waals surface area contributed by atoms with Crippen molar-refractivity contribution >= 4 is 5.91 Å². The second-order valence-electron chi connectivity index (χ2n) is 6.40. The van der Waals surface area contributed by atoms with Crippen LogP contribution in [0.1, 0.15) is 41.0 Å². The number of carbonyl (C=O) groups is 1. The molecular weight excluding hydrogens is 282 g/mol. The number of likely N-dealkylation sites (tertiary alicyclic amines) is 1. The number of nitrogens with zero attached hydrogens (tertiary/aromatic N) is 3. The highest BCUT2D eigenvalue weighted by atomic mass is 16.5. The highest BCUT2D eigenvalue weighted by Gasteiger charge is 2.37. The quantitative estimate of drug-likeness (QED) is 0.890. The predicted octanol–water partition coefficient (Wildman–Crippen LogP) is 1.29. The number of rotatable bonds is 5. The van der Waals surface area contributed by atoms with E-state index in [1.807, 2.05) is 25.8 Å². The molecule has 0 bridgehead atoms. The lowest BCUT2D eigenvalue weighted by molar-refractivity contribution is 0.00892. The van der Waals surface area contributed by atoms with E-state index >= 15 is 0 Å². The van der Waals surface area contributed by atoms with Crippen molar-refractivity contribution < 1.29 is 14.6 Å². The largest absolute Gasteiger partial charge is 0.396 e. The molecule has 1 aliphatic heterocycles. The number of aromatic nitrogens is 2. The summed E-state index contributed by atoms with van der Waals surface area (Å²) in [6, 6.07) is 0. The van der Waals surface area contributed by atoms with Gasteiger partial charge in [0.15, 0.2) is 0 Å². The third kappa shape index (κ3) is 3.17. The van der Waals surface area contributed by atoms with Gasteiger partial charge in [-0.3, -0.25) is 9.48 Å². The Morgan fingerprint density at radius 2 is 2.18 bits per heavy atom. The summed E-state index contributed by atoms with van der Waals surface area (Å²) in [5.74, 6) is 0.0260. The predicted molar refractivity (Wildman–Crippen MR) is 83.8 cm³/mol. The zero-order valence-corrected chi connectivity index (χ0v) is 14.1. The van der Waals surface area contributed by atoms with Crippen LogP contribution in [-0.4, -0.2) is 59.1 Å². The van der Waals surface area contributed by atoms with Gasteiger partial charge in [0.25, 0.3) is 5.91 Å². The van der Waals surface area contributed by atoms with E-state index < -0.39 is 0 Å². The Bertz CT molecular complexity index is 541. The van der Waals surface area contributed by atoms with Crippen molar-refractivity contribution in [1.29, 1.82) is 0 Å². The number of amides is 1. The molecule has 1 amide bonds. The number of carbonyl (C=O) groups excluding carboxylic acids is 1. The van der Waals surface area contributed by atoms with E-state index in [0.29, 0.717) is 18.7 Å². The molecule has 6 nitrogen and oxygen atoms in total. The van der Waals surface area contributed by atoms with Crippen LogP contribution in [0.5, 0.6) is 0 Å². The van der Waals surface area contributed by atoms with Gasteiger partial charge in [-0.2, -0.15) is 5.10 Å². The molecule has 124 valence electrons. The first-order valence-electron chi connectivity index (χ1n) is 7.83. The van der Waals surface area contributed by atoms with Crippen molar-refractivity contribution in [3.63, 3.8) is 0 Å². The maximum absolute atomic E-state index is 12.9. The number of hydrogen-bond acceptors (Lipinski definition) is 4. The van der Waals surface area contributed by atoms with Crippen molar-refractivity contribution in [2.45, 2.75) is 33.1 Å².